The Morgan fingerprint density at radius 3 is 2.67 bits per heavy atom. The molecule has 3 heteroatoms. The van der Waals surface area contributed by atoms with Gasteiger partial charge in [0, 0.05) is 30.5 Å². The van der Waals surface area contributed by atoms with Crippen LogP contribution in [0.1, 0.15) is 58.2 Å². The van der Waals surface area contributed by atoms with Crippen LogP contribution in [0.2, 0.25) is 0 Å². The zero-order valence-electron chi connectivity index (χ0n) is 13.8. The van der Waals surface area contributed by atoms with Gasteiger partial charge in [0.15, 0.2) is 0 Å². The van der Waals surface area contributed by atoms with E-state index in [9.17, 15) is 0 Å². The Morgan fingerprint density at radius 2 is 2.10 bits per heavy atom. The van der Waals surface area contributed by atoms with Gasteiger partial charge in [0.1, 0.15) is 0 Å². The molecule has 116 valence electrons. The summed E-state index contributed by atoms with van der Waals surface area (Å²) >= 11 is 0. The van der Waals surface area contributed by atoms with Gasteiger partial charge < -0.3 is 10.1 Å². The minimum atomic E-state index is 0.0298. The van der Waals surface area contributed by atoms with E-state index in [1.54, 1.807) is 0 Å². The van der Waals surface area contributed by atoms with Crippen LogP contribution in [0.3, 0.4) is 0 Å². The van der Waals surface area contributed by atoms with E-state index < -0.39 is 0 Å². The van der Waals surface area contributed by atoms with Crippen LogP contribution < -0.4 is 10.1 Å². The monoisotopic (exact) mass is 288 g/mol. The van der Waals surface area contributed by atoms with Crippen molar-refractivity contribution in [2.45, 2.75) is 65.0 Å². The maximum Gasteiger partial charge on any atom is 0.213 e. The number of nitrogens with zero attached hydrogens (tertiary/aromatic N) is 1. The molecule has 2 rings (SSSR count). The SMILES string of the molecule is C=C(C)CCOc1cc(CNC2CC2)cc(C(C)(C)C)n1. The van der Waals surface area contributed by atoms with Crippen LogP contribution in [-0.2, 0) is 12.0 Å². The standard InChI is InChI=1S/C18H28N2O/c1-13(2)8-9-21-17-11-14(12-19-15-6-7-15)10-16(20-17)18(3,4)5/h10-11,15,19H,1,6-9,12H2,2-5H3. The molecule has 1 aromatic rings. The van der Waals surface area contributed by atoms with Crippen molar-refractivity contribution in [2.24, 2.45) is 0 Å². The molecule has 1 fully saturated rings. The summed E-state index contributed by atoms with van der Waals surface area (Å²) in [5.74, 6) is 0.733. The molecule has 0 radical (unpaired) electrons. The smallest absolute Gasteiger partial charge is 0.213 e. The lowest BCUT2D eigenvalue weighted by atomic mass is 9.91. The van der Waals surface area contributed by atoms with Gasteiger partial charge in [-0.25, -0.2) is 4.98 Å². The molecule has 0 spiro atoms. The number of hydrogen-bond acceptors (Lipinski definition) is 3. The molecule has 0 bridgehead atoms. The van der Waals surface area contributed by atoms with Crippen LogP contribution in [0.15, 0.2) is 24.3 Å². The summed E-state index contributed by atoms with van der Waals surface area (Å²) in [5, 5.41) is 3.56. The van der Waals surface area contributed by atoms with Crippen molar-refractivity contribution in [1.29, 1.82) is 0 Å². The molecule has 1 aliphatic rings. The van der Waals surface area contributed by atoms with E-state index >= 15 is 0 Å². The molecule has 1 aliphatic carbocycles. The molecule has 1 N–H and O–H groups in total. The van der Waals surface area contributed by atoms with Gasteiger partial charge in [-0.15, -0.1) is 6.58 Å². The minimum absolute atomic E-state index is 0.0298. The highest BCUT2D eigenvalue weighted by Gasteiger charge is 2.21. The van der Waals surface area contributed by atoms with E-state index in [0.717, 1.165) is 30.1 Å². The van der Waals surface area contributed by atoms with Crippen molar-refractivity contribution in [3.63, 3.8) is 0 Å². The second-order valence-electron chi connectivity index (χ2n) is 7.16. The van der Waals surface area contributed by atoms with Crippen molar-refractivity contribution in [1.82, 2.24) is 10.3 Å². The summed E-state index contributed by atoms with van der Waals surface area (Å²) in [7, 11) is 0. The fourth-order valence-electron chi connectivity index (χ4n) is 2.00. The Morgan fingerprint density at radius 1 is 1.38 bits per heavy atom. The Labute approximate surface area is 128 Å². The summed E-state index contributed by atoms with van der Waals surface area (Å²) < 4.78 is 5.82. The summed E-state index contributed by atoms with van der Waals surface area (Å²) in [4.78, 5) is 4.66. The van der Waals surface area contributed by atoms with Crippen molar-refractivity contribution >= 4 is 0 Å². The molecule has 1 saturated carbocycles. The third kappa shape index (κ3) is 5.50. The first-order valence-electron chi connectivity index (χ1n) is 7.86. The van der Waals surface area contributed by atoms with Gasteiger partial charge in [-0.05, 0) is 31.4 Å². The van der Waals surface area contributed by atoms with Gasteiger partial charge in [-0.3, -0.25) is 0 Å². The average Bonchev–Trinajstić information content (AvgIpc) is 3.18. The Kier molecular flexibility index (Phi) is 5.04. The van der Waals surface area contributed by atoms with Gasteiger partial charge in [0.25, 0.3) is 0 Å². The van der Waals surface area contributed by atoms with E-state index in [4.69, 9.17) is 4.74 Å². The molecule has 0 amide bonds. The van der Waals surface area contributed by atoms with Crippen LogP contribution in [0.4, 0.5) is 0 Å². The summed E-state index contributed by atoms with van der Waals surface area (Å²) in [6.45, 7) is 14.0. The van der Waals surface area contributed by atoms with Crippen LogP contribution >= 0.6 is 0 Å². The highest BCUT2D eigenvalue weighted by molar-refractivity contribution is 5.28. The second-order valence-corrected chi connectivity index (χ2v) is 7.16. The maximum absolute atomic E-state index is 5.82. The first-order chi connectivity index (χ1) is 9.84. The fourth-order valence-corrected chi connectivity index (χ4v) is 2.00. The highest BCUT2D eigenvalue weighted by Crippen LogP contribution is 2.25. The zero-order chi connectivity index (χ0) is 15.5. The van der Waals surface area contributed by atoms with Gasteiger partial charge in [0.05, 0.1) is 12.3 Å². The number of rotatable bonds is 7. The lowest BCUT2D eigenvalue weighted by Crippen LogP contribution is -2.18. The molecule has 0 unspecified atom stereocenters. The molecule has 3 nitrogen and oxygen atoms in total. The first-order valence-corrected chi connectivity index (χ1v) is 7.86. The van der Waals surface area contributed by atoms with Gasteiger partial charge >= 0.3 is 0 Å². The summed E-state index contributed by atoms with van der Waals surface area (Å²) in [6, 6.07) is 4.97. The fraction of sp³-hybridized carbons (Fsp3) is 0.611. The third-order valence-corrected chi connectivity index (χ3v) is 3.58. The topological polar surface area (TPSA) is 34.1 Å². The second kappa shape index (κ2) is 6.61. The van der Waals surface area contributed by atoms with E-state index in [1.165, 1.54) is 18.4 Å². The van der Waals surface area contributed by atoms with Gasteiger partial charge in [-0.2, -0.15) is 0 Å². The summed E-state index contributed by atoms with van der Waals surface area (Å²) in [5.41, 5.74) is 3.51. The van der Waals surface area contributed by atoms with Crippen molar-refractivity contribution in [3.8, 4) is 5.88 Å². The minimum Gasteiger partial charge on any atom is -0.477 e. The molecular weight excluding hydrogens is 260 g/mol. The Balaban J connectivity index is 2.08. The maximum atomic E-state index is 5.82. The lowest BCUT2D eigenvalue weighted by molar-refractivity contribution is 0.306. The van der Waals surface area contributed by atoms with Crippen LogP contribution in [0, 0.1) is 0 Å². The van der Waals surface area contributed by atoms with Crippen molar-refractivity contribution in [3.05, 3.63) is 35.5 Å². The average molecular weight is 288 g/mol. The van der Waals surface area contributed by atoms with E-state index in [1.807, 2.05) is 6.92 Å². The highest BCUT2D eigenvalue weighted by atomic mass is 16.5. The zero-order valence-corrected chi connectivity index (χ0v) is 13.8. The quantitative estimate of drug-likeness (QED) is 0.771. The Hall–Kier alpha value is -1.35. The van der Waals surface area contributed by atoms with Crippen LogP contribution in [0.5, 0.6) is 5.88 Å². The van der Waals surface area contributed by atoms with Crippen molar-refractivity contribution in [2.75, 3.05) is 6.61 Å². The normalized spacial score (nSPS) is 15.0. The van der Waals surface area contributed by atoms with E-state index in [0.29, 0.717) is 12.6 Å². The van der Waals surface area contributed by atoms with Gasteiger partial charge in [-0.1, -0.05) is 26.3 Å². The predicted molar refractivity (Wildman–Crippen MR) is 87.7 cm³/mol. The number of pyridine rings is 1. The van der Waals surface area contributed by atoms with Crippen molar-refractivity contribution < 1.29 is 4.74 Å². The van der Waals surface area contributed by atoms with Crippen LogP contribution in [-0.4, -0.2) is 17.6 Å². The molecule has 0 saturated heterocycles. The molecule has 0 aromatic carbocycles. The first kappa shape index (κ1) is 16.0. The molecule has 21 heavy (non-hydrogen) atoms. The Bertz CT molecular complexity index is 498. The molecule has 1 heterocycles. The van der Waals surface area contributed by atoms with Crippen LogP contribution in [0.25, 0.3) is 0 Å². The van der Waals surface area contributed by atoms with E-state index in [-0.39, 0.29) is 5.41 Å². The number of aromatic nitrogens is 1. The molecule has 0 atom stereocenters. The largest absolute Gasteiger partial charge is 0.477 e. The number of ether oxygens (including phenoxy) is 1. The molecular formula is C18H28N2O. The number of nitrogens with one attached hydrogen (secondary N) is 1. The van der Waals surface area contributed by atoms with Gasteiger partial charge in [0.2, 0.25) is 5.88 Å². The number of hydrogen-bond donors (Lipinski definition) is 1. The predicted octanol–water partition coefficient (Wildman–Crippen LogP) is 3.98. The van der Waals surface area contributed by atoms with E-state index in [2.05, 4.69) is 49.8 Å². The molecule has 1 aromatic heterocycles. The summed E-state index contributed by atoms with van der Waals surface area (Å²) in [6.07, 6.45) is 3.48. The third-order valence-electron chi connectivity index (χ3n) is 3.58. The lowest BCUT2D eigenvalue weighted by Gasteiger charge is -2.20. The molecule has 0 aliphatic heterocycles.